The Bertz CT molecular complexity index is 1620. The summed E-state index contributed by atoms with van der Waals surface area (Å²) in [6, 6.07) is 23.7. The molecule has 2 aromatic heterocycles. The Morgan fingerprint density at radius 2 is 1.53 bits per heavy atom. The van der Waals surface area contributed by atoms with Crippen molar-refractivity contribution in [2.24, 2.45) is 0 Å². The molecule has 0 atom stereocenters. The first-order valence-electron chi connectivity index (χ1n) is 12.2. The molecule has 0 saturated heterocycles. The molecule has 1 aliphatic heterocycles. The quantitative estimate of drug-likeness (QED) is 0.321. The predicted octanol–water partition coefficient (Wildman–Crippen LogP) is 5.01. The van der Waals surface area contributed by atoms with Gasteiger partial charge in [0.05, 0.1) is 28.0 Å². The van der Waals surface area contributed by atoms with Gasteiger partial charge in [0.2, 0.25) is 11.7 Å². The Hall–Kier alpha value is -3.91. The molecular formula is C28H25N5O2S. The normalized spacial score (nSPS) is 13.0. The average molecular weight is 496 g/mol. The van der Waals surface area contributed by atoms with E-state index in [2.05, 4.69) is 22.3 Å². The minimum atomic E-state index is -0.0715. The Balaban J connectivity index is 1.40. The number of hydrogen-bond acceptors (Lipinski definition) is 5. The number of carbonyl (C=O) groups excluding carboxylic acids is 1. The summed E-state index contributed by atoms with van der Waals surface area (Å²) in [5, 5.41) is 9.96. The summed E-state index contributed by atoms with van der Waals surface area (Å²) >= 11 is 1.34. The minimum Gasteiger partial charge on any atom is -0.280 e. The molecular weight excluding hydrogens is 470 g/mol. The fourth-order valence-electron chi connectivity index (χ4n) is 4.99. The van der Waals surface area contributed by atoms with Crippen LogP contribution in [-0.4, -0.2) is 30.8 Å². The van der Waals surface area contributed by atoms with Gasteiger partial charge in [0.25, 0.3) is 5.56 Å². The van der Waals surface area contributed by atoms with Gasteiger partial charge in [-0.2, -0.15) is 0 Å². The van der Waals surface area contributed by atoms with Crippen LogP contribution in [0.15, 0.2) is 82.7 Å². The highest BCUT2D eigenvalue weighted by molar-refractivity contribution is 7.99. The van der Waals surface area contributed by atoms with Crippen molar-refractivity contribution in [3.05, 3.63) is 94.3 Å². The first kappa shape index (κ1) is 22.5. The number of fused-ring (bicyclic) bond motifs is 5. The maximum absolute atomic E-state index is 13.8. The van der Waals surface area contributed by atoms with Gasteiger partial charge in [-0.15, -0.1) is 10.2 Å². The van der Waals surface area contributed by atoms with Crippen molar-refractivity contribution in [3.8, 4) is 0 Å². The molecule has 3 heterocycles. The number of aryl methyl sites for hydroxylation is 3. The third kappa shape index (κ3) is 3.69. The highest BCUT2D eigenvalue weighted by Crippen LogP contribution is 2.36. The largest absolute Gasteiger partial charge is 0.280 e. The Morgan fingerprint density at radius 1 is 0.889 bits per heavy atom. The van der Waals surface area contributed by atoms with E-state index in [1.807, 2.05) is 76.9 Å². The Morgan fingerprint density at radius 3 is 2.22 bits per heavy atom. The molecule has 0 spiro atoms. The van der Waals surface area contributed by atoms with Crippen LogP contribution in [-0.2, 0) is 24.2 Å². The summed E-state index contributed by atoms with van der Waals surface area (Å²) in [5.74, 6) is 0.663. The second-order valence-electron chi connectivity index (χ2n) is 8.87. The van der Waals surface area contributed by atoms with Crippen LogP contribution in [0.1, 0.15) is 24.5 Å². The van der Waals surface area contributed by atoms with Gasteiger partial charge in [-0.3, -0.25) is 23.5 Å². The lowest BCUT2D eigenvalue weighted by Crippen LogP contribution is -2.28. The van der Waals surface area contributed by atoms with Crippen molar-refractivity contribution in [2.45, 2.75) is 37.9 Å². The maximum atomic E-state index is 13.8. The SMILES string of the molecule is CCCn1c(=O)c2ccccc2n2c(SCC(=O)N3c4ccccc4CCc4ccccc43)nnc12. The number of para-hydroxylation sites is 3. The van der Waals surface area contributed by atoms with Gasteiger partial charge in [0, 0.05) is 6.54 Å². The molecule has 0 saturated carbocycles. The van der Waals surface area contributed by atoms with Crippen LogP contribution < -0.4 is 10.5 Å². The average Bonchev–Trinajstić information content (AvgIpc) is 3.26. The number of nitrogens with zero attached hydrogens (tertiary/aromatic N) is 5. The summed E-state index contributed by atoms with van der Waals surface area (Å²) in [6.45, 7) is 2.58. The zero-order valence-electron chi connectivity index (χ0n) is 19.9. The van der Waals surface area contributed by atoms with Gasteiger partial charge in [0.1, 0.15) is 0 Å². The van der Waals surface area contributed by atoms with E-state index in [1.165, 1.54) is 11.8 Å². The van der Waals surface area contributed by atoms with Gasteiger partial charge >= 0.3 is 0 Å². The van der Waals surface area contributed by atoms with Crippen LogP contribution in [0.4, 0.5) is 11.4 Å². The zero-order chi connectivity index (χ0) is 24.6. The second-order valence-corrected chi connectivity index (χ2v) is 9.81. The van der Waals surface area contributed by atoms with E-state index >= 15 is 0 Å². The van der Waals surface area contributed by atoms with E-state index in [0.29, 0.717) is 22.9 Å². The minimum absolute atomic E-state index is 0.0234. The number of benzene rings is 3. The fraction of sp³-hybridized carbons (Fsp3) is 0.214. The molecule has 3 aromatic carbocycles. The fourth-order valence-corrected chi connectivity index (χ4v) is 5.78. The first-order chi connectivity index (χ1) is 17.7. The lowest BCUT2D eigenvalue weighted by atomic mass is 10.0. The van der Waals surface area contributed by atoms with Gasteiger partial charge in [-0.1, -0.05) is 67.2 Å². The summed E-state index contributed by atoms with van der Waals surface area (Å²) in [4.78, 5) is 28.7. The molecule has 180 valence electrons. The zero-order valence-corrected chi connectivity index (χ0v) is 20.7. The van der Waals surface area contributed by atoms with Gasteiger partial charge < -0.3 is 0 Å². The number of aromatic nitrogens is 4. The third-order valence-electron chi connectivity index (χ3n) is 6.63. The molecule has 5 aromatic rings. The number of thioether (sulfide) groups is 1. The molecule has 0 bridgehead atoms. The molecule has 1 aliphatic rings. The first-order valence-corrected chi connectivity index (χ1v) is 13.1. The molecule has 7 nitrogen and oxygen atoms in total. The van der Waals surface area contributed by atoms with Gasteiger partial charge in [-0.25, -0.2) is 0 Å². The van der Waals surface area contributed by atoms with E-state index in [-0.39, 0.29) is 17.2 Å². The van der Waals surface area contributed by atoms with Crippen LogP contribution in [0.3, 0.4) is 0 Å². The van der Waals surface area contributed by atoms with Crippen LogP contribution in [0.2, 0.25) is 0 Å². The standard InChI is InChI=1S/C28H25N5O2S/c1-2-17-31-26(35)21-11-5-8-14-24(21)33-27(31)29-30-28(33)36-18-25(34)32-22-12-6-3-9-19(22)15-16-20-10-4-7-13-23(20)32/h3-14H,2,15-18H2,1H3. The molecule has 36 heavy (non-hydrogen) atoms. The summed E-state index contributed by atoms with van der Waals surface area (Å²) in [7, 11) is 0. The number of rotatable bonds is 5. The number of anilines is 2. The summed E-state index contributed by atoms with van der Waals surface area (Å²) < 4.78 is 3.57. The van der Waals surface area contributed by atoms with E-state index in [1.54, 1.807) is 4.57 Å². The molecule has 8 heteroatoms. The van der Waals surface area contributed by atoms with Crippen molar-refractivity contribution in [1.29, 1.82) is 0 Å². The van der Waals surface area contributed by atoms with E-state index in [9.17, 15) is 9.59 Å². The molecule has 0 radical (unpaired) electrons. The van der Waals surface area contributed by atoms with Crippen LogP contribution in [0.25, 0.3) is 16.7 Å². The van der Waals surface area contributed by atoms with Crippen molar-refractivity contribution in [2.75, 3.05) is 10.7 Å². The highest BCUT2D eigenvalue weighted by atomic mass is 32.2. The number of amides is 1. The molecule has 0 aliphatic carbocycles. The van der Waals surface area contributed by atoms with Crippen molar-refractivity contribution >= 4 is 45.7 Å². The molecule has 0 N–H and O–H groups in total. The predicted molar refractivity (Wildman–Crippen MR) is 143 cm³/mol. The van der Waals surface area contributed by atoms with E-state index < -0.39 is 0 Å². The molecule has 6 rings (SSSR count). The lowest BCUT2D eigenvalue weighted by molar-refractivity contribution is -0.115. The van der Waals surface area contributed by atoms with Crippen LogP contribution in [0, 0.1) is 0 Å². The number of hydrogen-bond donors (Lipinski definition) is 0. The maximum Gasteiger partial charge on any atom is 0.262 e. The molecule has 1 amide bonds. The summed E-state index contributed by atoms with van der Waals surface area (Å²) in [6.07, 6.45) is 2.58. The Labute approximate surface area is 212 Å². The van der Waals surface area contributed by atoms with Crippen LogP contribution >= 0.6 is 11.8 Å². The van der Waals surface area contributed by atoms with E-state index in [0.717, 1.165) is 47.3 Å². The van der Waals surface area contributed by atoms with Crippen molar-refractivity contribution in [3.63, 3.8) is 0 Å². The van der Waals surface area contributed by atoms with Crippen molar-refractivity contribution < 1.29 is 4.79 Å². The monoisotopic (exact) mass is 495 g/mol. The molecule has 0 unspecified atom stereocenters. The summed E-state index contributed by atoms with van der Waals surface area (Å²) in [5.41, 5.74) is 4.86. The van der Waals surface area contributed by atoms with Crippen LogP contribution in [0.5, 0.6) is 0 Å². The Kier molecular flexibility index (Phi) is 5.81. The van der Waals surface area contributed by atoms with E-state index in [4.69, 9.17) is 0 Å². The highest BCUT2D eigenvalue weighted by Gasteiger charge is 2.26. The third-order valence-corrected chi connectivity index (χ3v) is 7.54. The van der Waals surface area contributed by atoms with Crippen molar-refractivity contribution in [1.82, 2.24) is 19.2 Å². The van der Waals surface area contributed by atoms with Gasteiger partial charge in [-0.05, 0) is 54.7 Å². The lowest BCUT2D eigenvalue weighted by Gasteiger charge is -2.24. The van der Waals surface area contributed by atoms with Gasteiger partial charge in [0.15, 0.2) is 5.16 Å². The molecule has 0 fully saturated rings. The smallest absolute Gasteiger partial charge is 0.262 e. The topological polar surface area (TPSA) is 72.5 Å². The number of carbonyl (C=O) groups is 1. The second kappa shape index (κ2) is 9.28.